The molecule has 0 unspecified atom stereocenters. The van der Waals surface area contributed by atoms with E-state index in [1.54, 1.807) is 23.1 Å². The van der Waals surface area contributed by atoms with E-state index in [0.717, 1.165) is 30.6 Å². The zero-order valence-corrected chi connectivity index (χ0v) is 16.9. The third-order valence-electron chi connectivity index (χ3n) is 4.56. The van der Waals surface area contributed by atoms with Crippen molar-refractivity contribution in [2.24, 2.45) is 0 Å². The number of nitrogens with zero attached hydrogens (tertiary/aromatic N) is 3. The Bertz CT molecular complexity index is 984. The van der Waals surface area contributed by atoms with Gasteiger partial charge in [0.15, 0.2) is 5.65 Å². The summed E-state index contributed by atoms with van der Waals surface area (Å²) in [6, 6.07) is 8.97. The Kier molecular flexibility index (Phi) is 5.92. The number of carbonyl (C=O) groups is 1. The Hall–Kier alpha value is -2.24. The summed E-state index contributed by atoms with van der Waals surface area (Å²) in [7, 11) is 1.83. The van der Waals surface area contributed by atoms with Crippen LogP contribution in [0.4, 0.5) is 5.69 Å². The molecule has 2 N–H and O–H groups in total. The number of likely N-dealkylation sites (N-methyl/N-ethyl adjacent to an activating group) is 1. The van der Waals surface area contributed by atoms with E-state index in [1.165, 1.54) is 0 Å². The molecule has 27 heavy (non-hydrogen) atoms. The van der Waals surface area contributed by atoms with Crippen LogP contribution in [0, 0.1) is 0 Å². The molecule has 7 heteroatoms. The molecule has 0 bridgehead atoms. The minimum absolute atomic E-state index is 0.0356. The standard InChI is InChI=1S/C20H22Cl2N4O/c1-3-4-9-25(2)18(27)12-17-19(13-7-8-14(21)16(23)11-13)24-20-15(22)6-5-10-26(17)20/h5-8,10-11H,3-4,9,12,23H2,1-2H3. The summed E-state index contributed by atoms with van der Waals surface area (Å²) in [5, 5.41) is 1.01. The van der Waals surface area contributed by atoms with Crippen molar-refractivity contribution >= 4 is 40.4 Å². The van der Waals surface area contributed by atoms with Crippen molar-refractivity contribution in [3.05, 3.63) is 52.3 Å². The number of hydrogen-bond acceptors (Lipinski definition) is 3. The molecule has 0 fully saturated rings. The lowest BCUT2D eigenvalue weighted by atomic mass is 10.1. The predicted molar refractivity (Wildman–Crippen MR) is 111 cm³/mol. The molecule has 0 atom stereocenters. The molecule has 0 spiro atoms. The number of anilines is 1. The molecule has 3 rings (SSSR count). The van der Waals surface area contributed by atoms with E-state index in [4.69, 9.17) is 28.9 Å². The number of carbonyl (C=O) groups excluding carboxylic acids is 1. The summed E-state index contributed by atoms with van der Waals surface area (Å²) in [6.45, 7) is 2.84. The second kappa shape index (κ2) is 8.19. The van der Waals surface area contributed by atoms with Crippen LogP contribution >= 0.6 is 23.2 Å². The molecule has 0 saturated carbocycles. The van der Waals surface area contributed by atoms with Crippen molar-refractivity contribution in [3.8, 4) is 11.3 Å². The first-order valence-electron chi connectivity index (χ1n) is 8.87. The van der Waals surface area contributed by atoms with Gasteiger partial charge in [-0.05, 0) is 30.7 Å². The number of nitrogen functional groups attached to an aromatic ring is 1. The minimum Gasteiger partial charge on any atom is -0.398 e. The highest BCUT2D eigenvalue weighted by atomic mass is 35.5. The molecule has 0 aliphatic rings. The summed E-state index contributed by atoms with van der Waals surface area (Å²) in [5.74, 6) is 0.0356. The van der Waals surface area contributed by atoms with Gasteiger partial charge in [0, 0.05) is 25.4 Å². The van der Waals surface area contributed by atoms with Crippen LogP contribution in [-0.2, 0) is 11.2 Å². The Labute approximate surface area is 168 Å². The highest BCUT2D eigenvalue weighted by Gasteiger charge is 2.20. The number of imidazole rings is 1. The quantitative estimate of drug-likeness (QED) is 0.605. The first-order valence-corrected chi connectivity index (χ1v) is 9.62. The highest BCUT2D eigenvalue weighted by Crippen LogP contribution is 2.31. The number of hydrogen-bond donors (Lipinski definition) is 1. The minimum atomic E-state index is 0.0356. The number of pyridine rings is 1. The summed E-state index contributed by atoms with van der Waals surface area (Å²) >= 11 is 12.4. The second-order valence-electron chi connectivity index (χ2n) is 6.54. The van der Waals surface area contributed by atoms with Gasteiger partial charge >= 0.3 is 0 Å². The van der Waals surface area contributed by atoms with E-state index in [1.807, 2.05) is 29.8 Å². The topological polar surface area (TPSA) is 63.6 Å². The number of aromatic nitrogens is 2. The number of amides is 1. The Morgan fingerprint density at radius 3 is 2.74 bits per heavy atom. The lowest BCUT2D eigenvalue weighted by Crippen LogP contribution is -2.29. The molecule has 2 heterocycles. The van der Waals surface area contributed by atoms with Crippen LogP contribution in [0.1, 0.15) is 25.5 Å². The lowest BCUT2D eigenvalue weighted by molar-refractivity contribution is -0.129. The summed E-state index contributed by atoms with van der Waals surface area (Å²) in [4.78, 5) is 19.2. The number of unbranched alkanes of at least 4 members (excludes halogenated alkanes) is 1. The Morgan fingerprint density at radius 1 is 1.26 bits per heavy atom. The van der Waals surface area contributed by atoms with E-state index in [9.17, 15) is 4.79 Å². The van der Waals surface area contributed by atoms with Crippen LogP contribution in [0.5, 0.6) is 0 Å². The SMILES string of the molecule is CCCCN(C)C(=O)Cc1c(-c2ccc(Cl)c(N)c2)nc2c(Cl)cccn12. The van der Waals surface area contributed by atoms with Crippen molar-refractivity contribution in [1.82, 2.24) is 14.3 Å². The number of nitrogens with two attached hydrogens (primary N) is 1. The number of rotatable bonds is 6. The fraction of sp³-hybridized carbons (Fsp3) is 0.300. The maximum atomic E-state index is 12.8. The first-order chi connectivity index (χ1) is 12.9. The molecule has 0 saturated heterocycles. The van der Waals surface area contributed by atoms with E-state index in [0.29, 0.717) is 27.1 Å². The van der Waals surface area contributed by atoms with Gasteiger partial charge in [0.25, 0.3) is 0 Å². The fourth-order valence-electron chi connectivity index (χ4n) is 2.97. The number of fused-ring (bicyclic) bond motifs is 1. The maximum Gasteiger partial charge on any atom is 0.228 e. The average Bonchev–Trinajstić information content (AvgIpc) is 3.02. The van der Waals surface area contributed by atoms with Crippen molar-refractivity contribution < 1.29 is 4.79 Å². The molecule has 3 aromatic rings. The largest absolute Gasteiger partial charge is 0.398 e. The van der Waals surface area contributed by atoms with Crippen LogP contribution in [0.15, 0.2) is 36.5 Å². The molecule has 2 aromatic heterocycles. The van der Waals surface area contributed by atoms with Gasteiger partial charge in [-0.3, -0.25) is 4.79 Å². The summed E-state index contributed by atoms with van der Waals surface area (Å²) < 4.78 is 1.87. The van der Waals surface area contributed by atoms with Gasteiger partial charge in [-0.2, -0.15) is 0 Å². The van der Waals surface area contributed by atoms with Crippen molar-refractivity contribution in [3.63, 3.8) is 0 Å². The van der Waals surface area contributed by atoms with Gasteiger partial charge < -0.3 is 15.0 Å². The van der Waals surface area contributed by atoms with Gasteiger partial charge in [-0.1, -0.05) is 42.6 Å². The molecule has 5 nitrogen and oxygen atoms in total. The lowest BCUT2D eigenvalue weighted by Gasteiger charge is -2.17. The molecule has 0 aliphatic carbocycles. The molecule has 0 aliphatic heterocycles. The van der Waals surface area contributed by atoms with Gasteiger partial charge in [0.2, 0.25) is 5.91 Å². The van der Waals surface area contributed by atoms with Gasteiger partial charge in [0.05, 0.1) is 33.5 Å². The third-order valence-corrected chi connectivity index (χ3v) is 5.20. The average molecular weight is 405 g/mol. The van der Waals surface area contributed by atoms with Crippen molar-refractivity contribution in [2.75, 3.05) is 19.3 Å². The van der Waals surface area contributed by atoms with E-state index in [-0.39, 0.29) is 12.3 Å². The Balaban J connectivity index is 2.07. The monoisotopic (exact) mass is 404 g/mol. The number of benzene rings is 1. The molecular formula is C20H22Cl2N4O. The van der Waals surface area contributed by atoms with E-state index >= 15 is 0 Å². The maximum absolute atomic E-state index is 12.8. The molecule has 142 valence electrons. The Morgan fingerprint density at radius 2 is 2.04 bits per heavy atom. The summed E-state index contributed by atoms with van der Waals surface area (Å²) in [5.41, 5.74) is 9.31. The van der Waals surface area contributed by atoms with Gasteiger partial charge in [-0.15, -0.1) is 0 Å². The van der Waals surface area contributed by atoms with Gasteiger partial charge in [-0.25, -0.2) is 4.98 Å². The van der Waals surface area contributed by atoms with Crippen LogP contribution in [0.3, 0.4) is 0 Å². The van der Waals surface area contributed by atoms with Crippen LogP contribution in [0.25, 0.3) is 16.9 Å². The first kappa shape index (κ1) is 19.5. The van der Waals surface area contributed by atoms with E-state index < -0.39 is 0 Å². The van der Waals surface area contributed by atoms with Crippen LogP contribution < -0.4 is 5.73 Å². The zero-order valence-electron chi connectivity index (χ0n) is 15.4. The molecular weight excluding hydrogens is 383 g/mol. The molecule has 1 amide bonds. The molecule has 1 aromatic carbocycles. The third kappa shape index (κ3) is 4.04. The number of halogens is 2. The predicted octanol–water partition coefficient (Wildman–Crippen LogP) is 4.69. The summed E-state index contributed by atoms with van der Waals surface area (Å²) in [6.07, 6.45) is 4.10. The van der Waals surface area contributed by atoms with Gasteiger partial charge in [0.1, 0.15) is 0 Å². The molecule has 0 radical (unpaired) electrons. The fourth-order valence-corrected chi connectivity index (χ4v) is 3.30. The smallest absolute Gasteiger partial charge is 0.228 e. The van der Waals surface area contributed by atoms with Crippen LogP contribution in [0.2, 0.25) is 10.0 Å². The normalized spacial score (nSPS) is 11.1. The van der Waals surface area contributed by atoms with E-state index in [2.05, 4.69) is 11.9 Å². The van der Waals surface area contributed by atoms with Crippen LogP contribution in [-0.4, -0.2) is 33.8 Å². The second-order valence-corrected chi connectivity index (χ2v) is 7.35. The highest BCUT2D eigenvalue weighted by molar-refractivity contribution is 6.33. The zero-order chi connectivity index (χ0) is 19.6. The van der Waals surface area contributed by atoms with Crippen molar-refractivity contribution in [2.45, 2.75) is 26.2 Å². The van der Waals surface area contributed by atoms with Crippen molar-refractivity contribution in [1.29, 1.82) is 0 Å².